The highest BCUT2D eigenvalue weighted by Gasteiger charge is 2.35. The molecule has 4 unspecified atom stereocenters. The van der Waals surface area contributed by atoms with Crippen molar-refractivity contribution in [1.29, 1.82) is 0 Å². The highest BCUT2D eigenvalue weighted by Crippen LogP contribution is 2.42. The molecule has 3 nitrogen and oxygen atoms in total. The second-order valence-electron chi connectivity index (χ2n) is 5.27. The third-order valence-corrected chi connectivity index (χ3v) is 4.08. The predicted molar refractivity (Wildman–Crippen MR) is 62.3 cm³/mol. The minimum absolute atomic E-state index is 0.267. The normalized spacial score (nSPS) is 41.8. The van der Waals surface area contributed by atoms with Crippen LogP contribution < -0.4 is 5.32 Å². The van der Waals surface area contributed by atoms with Gasteiger partial charge in [0.2, 0.25) is 0 Å². The van der Waals surface area contributed by atoms with Crippen LogP contribution in [0.15, 0.2) is 12.2 Å². The molecule has 0 radical (unpaired) electrons. The Morgan fingerprint density at radius 2 is 2.12 bits per heavy atom. The minimum atomic E-state index is 0.267. The molecule has 1 saturated carbocycles. The van der Waals surface area contributed by atoms with Crippen LogP contribution in [-0.4, -0.2) is 39.0 Å². The molecule has 0 aromatic carbocycles. The van der Waals surface area contributed by atoms with Crippen molar-refractivity contribution < 1.29 is 9.47 Å². The average Bonchev–Trinajstić information content (AvgIpc) is 2.92. The molecule has 0 aromatic heterocycles. The summed E-state index contributed by atoms with van der Waals surface area (Å²) in [4.78, 5) is 0. The van der Waals surface area contributed by atoms with E-state index < -0.39 is 0 Å². The number of ether oxygens (including phenoxy) is 2. The minimum Gasteiger partial charge on any atom is -0.376 e. The summed E-state index contributed by atoms with van der Waals surface area (Å²) in [6.07, 6.45) is 7.87. The monoisotopic (exact) mass is 223 g/mol. The van der Waals surface area contributed by atoms with Crippen molar-refractivity contribution in [2.24, 2.45) is 17.8 Å². The molecule has 2 aliphatic carbocycles. The summed E-state index contributed by atoms with van der Waals surface area (Å²) in [5.41, 5.74) is 0. The lowest BCUT2D eigenvalue weighted by atomic mass is 9.93. The number of hydrogen-bond donors (Lipinski definition) is 1. The lowest BCUT2D eigenvalue weighted by molar-refractivity contribution is -0.0865. The van der Waals surface area contributed by atoms with E-state index in [0.717, 1.165) is 50.7 Å². The van der Waals surface area contributed by atoms with E-state index in [1.54, 1.807) is 0 Å². The zero-order valence-electron chi connectivity index (χ0n) is 9.73. The van der Waals surface area contributed by atoms with Gasteiger partial charge in [-0.25, -0.2) is 0 Å². The van der Waals surface area contributed by atoms with Gasteiger partial charge in [0.15, 0.2) is 0 Å². The molecular weight excluding hydrogens is 202 g/mol. The second-order valence-corrected chi connectivity index (χ2v) is 5.27. The molecule has 2 fully saturated rings. The Labute approximate surface area is 97.2 Å². The van der Waals surface area contributed by atoms with Crippen LogP contribution in [0.4, 0.5) is 0 Å². The van der Waals surface area contributed by atoms with E-state index in [2.05, 4.69) is 17.5 Å². The van der Waals surface area contributed by atoms with Crippen molar-refractivity contribution in [2.75, 3.05) is 32.9 Å². The second kappa shape index (κ2) is 4.86. The molecule has 0 amide bonds. The van der Waals surface area contributed by atoms with Crippen LogP contribution in [0.3, 0.4) is 0 Å². The van der Waals surface area contributed by atoms with Crippen LogP contribution >= 0.6 is 0 Å². The molecule has 1 saturated heterocycles. The summed E-state index contributed by atoms with van der Waals surface area (Å²) in [6.45, 7) is 4.35. The smallest absolute Gasteiger partial charge is 0.0933 e. The van der Waals surface area contributed by atoms with Crippen molar-refractivity contribution in [2.45, 2.75) is 18.9 Å². The summed E-state index contributed by atoms with van der Waals surface area (Å²) >= 11 is 0. The molecule has 16 heavy (non-hydrogen) atoms. The maximum atomic E-state index is 5.60. The first kappa shape index (κ1) is 10.8. The quantitative estimate of drug-likeness (QED) is 0.727. The van der Waals surface area contributed by atoms with E-state index >= 15 is 0 Å². The van der Waals surface area contributed by atoms with Crippen molar-refractivity contribution in [1.82, 2.24) is 5.32 Å². The molecular formula is C13H21NO2. The Kier molecular flexibility index (Phi) is 3.27. The van der Waals surface area contributed by atoms with Gasteiger partial charge in [0, 0.05) is 6.54 Å². The largest absolute Gasteiger partial charge is 0.376 e. The van der Waals surface area contributed by atoms with Gasteiger partial charge in [-0.2, -0.15) is 0 Å². The van der Waals surface area contributed by atoms with Crippen LogP contribution in [0.1, 0.15) is 12.8 Å². The van der Waals surface area contributed by atoms with Gasteiger partial charge in [-0.3, -0.25) is 0 Å². The molecule has 0 aromatic rings. The topological polar surface area (TPSA) is 30.5 Å². The third kappa shape index (κ3) is 2.31. The van der Waals surface area contributed by atoms with Crippen LogP contribution in [0.2, 0.25) is 0 Å². The Morgan fingerprint density at radius 1 is 1.12 bits per heavy atom. The van der Waals surface area contributed by atoms with Crippen molar-refractivity contribution in [3.63, 3.8) is 0 Å². The van der Waals surface area contributed by atoms with Crippen molar-refractivity contribution in [3.05, 3.63) is 12.2 Å². The summed E-state index contributed by atoms with van der Waals surface area (Å²) in [7, 11) is 0. The Morgan fingerprint density at radius 3 is 2.81 bits per heavy atom. The molecule has 1 aliphatic heterocycles. The van der Waals surface area contributed by atoms with E-state index in [-0.39, 0.29) is 6.10 Å². The number of rotatable bonds is 4. The van der Waals surface area contributed by atoms with Crippen LogP contribution in [0.25, 0.3) is 0 Å². The molecule has 1 heterocycles. The van der Waals surface area contributed by atoms with Crippen LogP contribution in [-0.2, 0) is 9.47 Å². The molecule has 2 bridgehead atoms. The fourth-order valence-electron chi connectivity index (χ4n) is 3.21. The maximum absolute atomic E-state index is 5.60. The lowest BCUT2D eigenvalue weighted by Crippen LogP contribution is -2.39. The highest BCUT2D eigenvalue weighted by molar-refractivity contribution is 5.10. The van der Waals surface area contributed by atoms with Crippen LogP contribution in [0.5, 0.6) is 0 Å². The number of fused-ring (bicyclic) bond motifs is 2. The van der Waals surface area contributed by atoms with Crippen molar-refractivity contribution >= 4 is 0 Å². The predicted octanol–water partition coefficient (Wildman–Crippen LogP) is 1.20. The van der Waals surface area contributed by atoms with Gasteiger partial charge in [-0.05, 0) is 37.1 Å². The summed E-state index contributed by atoms with van der Waals surface area (Å²) in [5, 5.41) is 3.54. The fourth-order valence-corrected chi connectivity index (χ4v) is 3.21. The summed E-state index contributed by atoms with van der Waals surface area (Å²) in [6, 6.07) is 0. The average molecular weight is 223 g/mol. The molecule has 1 N–H and O–H groups in total. The zero-order valence-corrected chi connectivity index (χ0v) is 9.73. The molecule has 3 rings (SSSR count). The van der Waals surface area contributed by atoms with E-state index in [9.17, 15) is 0 Å². The summed E-state index contributed by atoms with van der Waals surface area (Å²) in [5.74, 6) is 2.59. The van der Waals surface area contributed by atoms with Crippen LogP contribution in [0, 0.1) is 17.8 Å². The number of hydrogen-bond acceptors (Lipinski definition) is 3. The number of allylic oxidation sites excluding steroid dienone is 2. The highest BCUT2D eigenvalue weighted by atomic mass is 16.6. The maximum Gasteiger partial charge on any atom is 0.0933 e. The first-order valence-electron chi connectivity index (χ1n) is 6.50. The van der Waals surface area contributed by atoms with Gasteiger partial charge in [0.1, 0.15) is 0 Å². The first-order chi connectivity index (χ1) is 7.92. The van der Waals surface area contributed by atoms with E-state index in [1.165, 1.54) is 12.8 Å². The van der Waals surface area contributed by atoms with Gasteiger partial charge in [-0.15, -0.1) is 0 Å². The zero-order chi connectivity index (χ0) is 10.8. The van der Waals surface area contributed by atoms with Crippen molar-refractivity contribution in [3.8, 4) is 0 Å². The molecule has 3 heteroatoms. The lowest BCUT2D eigenvalue weighted by Gasteiger charge is -2.25. The van der Waals surface area contributed by atoms with E-state index in [4.69, 9.17) is 9.47 Å². The molecule has 90 valence electrons. The van der Waals surface area contributed by atoms with Gasteiger partial charge >= 0.3 is 0 Å². The number of nitrogens with one attached hydrogen (secondary N) is 1. The van der Waals surface area contributed by atoms with Gasteiger partial charge in [-0.1, -0.05) is 12.2 Å². The first-order valence-corrected chi connectivity index (χ1v) is 6.50. The summed E-state index contributed by atoms with van der Waals surface area (Å²) < 4.78 is 11.0. The fraction of sp³-hybridized carbons (Fsp3) is 0.846. The van der Waals surface area contributed by atoms with Gasteiger partial charge in [0.25, 0.3) is 0 Å². The molecule has 0 spiro atoms. The van der Waals surface area contributed by atoms with Gasteiger partial charge < -0.3 is 14.8 Å². The van der Waals surface area contributed by atoms with E-state index in [0.29, 0.717) is 0 Å². The van der Waals surface area contributed by atoms with E-state index in [1.807, 2.05) is 0 Å². The third-order valence-electron chi connectivity index (χ3n) is 4.08. The Bertz CT molecular complexity index is 261. The molecule has 4 atom stereocenters. The standard InChI is InChI=1S/C13H21NO2/c1-2-11-5-10(1)6-12(11)7-14-8-13-9-15-3-4-16-13/h1-2,10-14H,3-9H2. The SMILES string of the molecule is C1=CC2CC1CC2CNCC1COCCO1. The van der Waals surface area contributed by atoms with Gasteiger partial charge in [0.05, 0.1) is 25.9 Å². The Hall–Kier alpha value is -0.380. The Balaban J connectivity index is 1.36. The molecule has 3 aliphatic rings.